The van der Waals surface area contributed by atoms with Crippen molar-refractivity contribution in [3.63, 3.8) is 0 Å². The number of carbonyl (C=O) groups excluding carboxylic acids is 1. The molecule has 0 saturated heterocycles. The van der Waals surface area contributed by atoms with Crippen LogP contribution in [0.15, 0.2) is 28.2 Å². The Morgan fingerprint density at radius 2 is 2.35 bits per heavy atom. The van der Waals surface area contributed by atoms with Gasteiger partial charge in [0.2, 0.25) is 11.8 Å². The highest BCUT2D eigenvalue weighted by Crippen LogP contribution is 2.23. The van der Waals surface area contributed by atoms with Crippen molar-refractivity contribution < 1.29 is 9.21 Å². The second-order valence-electron chi connectivity index (χ2n) is 4.38. The molecular formula is C14H19N3O2S. The fourth-order valence-corrected chi connectivity index (χ4v) is 2.51. The van der Waals surface area contributed by atoms with E-state index < -0.39 is 0 Å². The maximum atomic E-state index is 11.6. The van der Waals surface area contributed by atoms with Crippen LogP contribution in [-0.4, -0.2) is 35.4 Å². The molecule has 0 fully saturated rings. The number of likely N-dealkylation sites (N-methyl/N-ethyl adjacent to an activating group) is 2. The van der Waals surface area contributed by atoms with Crippen LogP contribution in [0.4, 0.5) is 0 Å². The van der Waals surface area contributed by atoms with Crippen LogP contribution in [0.5, 0.6) is 0 Å². The van der Waals surface area contributed by atoms with Gasteiger partial charge in [0.05, 0.1) is 17.1 Å². The third-order valence-electron chi connectivity index (χ3n) is 2.86. The minimum atomic E-state index is 0.0383. The molecule has 2 rings (SSSR count). The van der Waals surface area contributed by atoms with Crippen molar-refractivity contribution in [3.05, 3.63) is 29.5 Å². The molecule has 1 N–H and O–H groups in total. The molecule has 20 heavy (non-hydrogen) atoms. The summed E-state index contributed by atoms with van der Waals surface area (Å²) in [6.07, 6.45) is 1.66. The summed E-state index contributed by atoms with van der Waals surface area (Å²) in [4.78, 5) is 19.1. The zero-order valence-corrected chi connectivity index (χ0v) is 12.6. The Labute approximate surface area is 122 Å². The zero-order chi connectivity index (χ0) is 14.4. The van der Waals surface area contributed by atoms with E-state index in [0.29, 0.717) is 25.5 Å². The molecule has 0 radical (unpaired) electrons. The zero-order valence-electron chi connectivity index (χ0n) is 11.8. The molecule has 0 atom stereocenters. The molecule has 2 aromatic rings. The van der Waals surface area contributed by atoms with E-state index in [4.69, 9.17) is 4.42 Å². The van der Waals surface area contributed by atoms with Gasteiger partial charge in [0.15, 0.2) is 0 Å². The van der Waals surface area contributed by atoms with Crippen LogP contribution in [-0.2, 0) is 11.3 Å². The third kappa shape index (κ3) is 3.91. The average Bonchev–Trinajstić information content (AvgIpc) is 3.08. The van der Waals surface area contributed by atoms with Crippen LogP contribution >= 0.6 is 11.3 Å². The Bertz CT molecular complexity index is 536. The number of rotatable bonds is 7. The van der Waals surface area contributed by atoms with Crippen LogP contribution in [0.3, 0.4) is 0 Å². The SMILES string of the molecule is CCNC(=O)CN(CC)Cc1coc(-c2cccs2)n1. The molecule has 5 nitrogen and oxygen atoms in total. The number of hydrogen-bond donors (Lipinski definition) is 1. The Morgan fingerprint density at radius 1 is 1.50 bits per heavy atom. The molecule has 0 aromatic carbocycles. The number of aromatic nitrogens is 1. The summed E-state index contributed by atoms with van der Waals surface area (Å²) in [5.41, 5.74) is 0.847. The standard InChI is InChI=1S/C14H19N3O2S/c1-3-15-13(18)9-17(4-2)8-11-10-19-14(16-11)12-6-5-7-20-12/h5-7,10H,3-4,8-9H2,1-2H3,(H,15,18). The average molecular weight is 293 g/mol. The van der Waals surface area contributed by atoms with Crippen molar-refractivity contribution in [3.8, 4) is 10.8 Å². The van der Waals surface area contributed by atoms with E-state index in [9.17, 15) is 4.79 Å². The van der Waals surface area contributed by atoms with E-state index in [-0.39, 0.29) is 5.91 Å². The van der Waals surface area contributed by atoms with E-state index in [0.717, 1.165) is 17.1 Å². The number of nitrogens with zero attached hydrogens (tertiary/aromatic N) is 2. The lowest BCUT2D eigenvalue weighted by Gasteiger charge is -2.17. The van der Waals surface area contributed by atoms with Gasteiger partial charge >= 0.3 is 0 Å². The molecule has 0 saturated carbocycles. The molecule has 0 bridgehead atoms. The minimum Gasteiger partial charge on any atom is -0.444 e. The maximum Gasteiger partial charge on any atom is 0.236 e. The first-order valence-electron chi connectivity index (χ1n) is 6.70. The second-order valence-corrected chi connectivity index (χ2v) is 5.33. The first kappa shape index (κ1) is 14.7. The monoisotopic (exact) mass is 293 g/mol. The van der Waals surface area contributed by atoms with Crippen molar-refractivity contribution in [2.75, 3.05) is 19.6 Å². The highest BCUT2D eigenvalue weighted by molar-refractivity contribution is 7.13. The van der Waals surface area contributed by atoms with Crippen LogP contribution in [0.2, 0.25) is 0 Å². The van der Waals surface area contributed by atoms with Gasteiger partial charge in [0, 0.05) is 13.1 Å². The van der Waals surface area contributed by atoms with Gasteiger partial charge in [0.25, 0.3) is 0 Å². The van der Waals surface area contributed by atoms with E-state index in [1.54, 1.807) is 17.6 Å². The Kier molecular flexibility index (Phi) is 5.31. The summed E-state index contributed by atoms with van der Waals surface area (Å²) >= 11 is 1.60. The first-order chi connectivity index (χ1) is 9.72. The number of nitrogens with one attached hydrogen (secondary N) is 1. The van der Waals surface area contributed by atoms with E-state index in [2.05, 4.69) is 10.3 Å². The molecule has 0 unspecified atom stereocenters. The summed E-state index contributed by atoms with van der Waals surface area (Å²) in [6.45, 7) is 6.38. The smallest absolute Gasteiger partial charge is 0.236 e. The van der Waals surface area contributed by atoms with Crippen molar-refractivity contribution in [1.29, 1.82) is 0 Å². The first-order valence-corrected chi connectivity index (χ1v) is 7.58. The predicted octanol–water partition coefficient (Wildman–Crippen LogP) is 2.36. The molecule has 0 spiro atoms. The molecule has 0 aliphatic carbocycles. The second kappa shape index (κ2) is 7.21. The van der Waals surface area contributed by atoms with Crippen LogP contribution in [0.25, 0.3) is 10.8 Å². The lowest BCUT2D eigenvalue weighted by Crippen LogP contribution is -2.36. The largest absolute Gasteiger partial charge is 0.444 e. The number of oxazole rings is 1. The number of hydrogen-bond acceptors (Lipinski definition) is 5. The predicted molar refractivity (Wildman–Crippen MR) is 79.5 cm³/mol. The topological polar surface area (TPSA) is 58.4 Å². The molecule has 2 heterocycles. The van der Waals surface area contributed by atoms with Gasteiger partial charge in [-0.05, 0) is 24.9 Å². The quantitative estimate of drug-likeness (QED) is 0.851. The van der Waals surface area contributed by atoms with Gasteiger partial charge in [0.1, 0.15) is 6.26 Å². The van der Waals surface area contributed by atoms with Crippen LogP contribution in [0, 0.1) is 0 Å². The number of thiophene rings is 1. The fraction of sp³-hybridized carbons (Fsp3) is 0.429. The van der Waals surface area contributed by atoms with Gasteiger partial charge < -0.3 is 9.73 Å². The molecular weight excluding hydrogens is 274 g/mol. The van der Waals surface area contributed by atoms with E-state index in [1.807, 2.05) is 36.3 Å². The Hall–Kier alpha value is -1.66. The summed E-state index contributed by atoms with van der Waals surface area (Å²) in [5, 5.41) is 4.79. The molecule has 1 amide bonds. The Balaban J connectivity index is 1.96. The van der Waals surface area contributed by atoms with Gasteiger partial charge in [-0.2, -0.15) is 0 Å². The maximum absolute atomic E-state index is 11.6. The fourth-order valence-electron chi connectivity index (χ4n) is 1.86. The normalized spacial score (nSPS) is 10.9. The Morgan fingerprint density at radius 3 is 3.00 bits per heavy atom. The van der Waals surface area contributed by atoms with Crippen LogP contribution < -0.4 is 5.32 Å². The van der Waals surface area contributed by atoms with Gasteiger partial charge in [-0.15, -0.1) is 11.3 Å². The molecule has 2 aromatic heterocycles. The highest BCUT2D eigenvalue weighted by Gasteiger charge is 2.13. The third-order valence-corrected chi connectivity index (χ3v) is 3.72. The van der Waals surface area contributed by atoms with Crippen molar-refractivity contribution in [2.45, 2.75) is 20.4 Å². The lowest BCUT2D eigenvalue weighted by molar-refractivity contribution is -0.122. The van der Waals surface area contributed by atoms with Crippen LogP contribution in [0.1, 0.15) is 19.5 Å². The van der Waals surface area contributed by atoms with Gasteiger partial charge in [-0.3, -0.25) is 9.69 Å². The summed E-state index contributed by atoms with van der Waals surface area (Å²) in [6, 6.07) is 3.95. The summed E-state index contributed by atoms with van der Waals surface area (Å²) in [5.74, 6) is 0.681. The summed E-state index contributed by atoms with van der Waals surface area (Å²) in [7, 11) is 0. The van der Waals surface area contributed by atoms with E-state index in [1.165, 1.54) is 0 Å². The van der Waals surface area contributed by atoms with Gasteiger partial charge in [-0.1, -0.05) is 13.0 Å². The van der Waals surface area contributed by atoms with Gasteiger partial charge in [-0.25, -0.2) is 4.98 Å². The molecule has 6 heteroatoms. The van der Waals surface area contributed by atoms with Crippen molar-refractivity contribution in [2.24, 2.45) is 0 Å². The molecule has 108 valence electrons. The number of amides is 1. The minimum absolute atomic E-state index is 0.0383. The van der Waals surface area contributed by atoms with Crippen molar-refractivity contribution in [1.82, 2.24) is 15.2 Å². The van der Waals surface area contributed by atoms with Crippen molar-refractivity contribution >= 4 is 17.2 Å². The van der Waals surface area contributed by atoms with E-state index >= 15 is 0 Å². The summed E-state index contributed by atoms with van der Waals surface area (Å²) < 4.78 is 5.48. The highest BCUT2D eigenvalue weighted by atomic mass is 32.1. The number of carbonyl (C=O) groups is 1. The molecule has 0 aliphatic rings. The lowest BCUT2D eigenvalue weighted by atomic mass is 10.4. The molecule has 0 aliphatic heterocycles.